The van der Waals surface area contributed by atoms with E-state index in [0.29, 0.717) is 6.54 Å². The monoisotopic (exact) mass is 317 g/mol. The molecule has 2 aromatic rings. The molecule has 0 saturated heterocycles. The van der Waals surface area contributed by atoms with Crippen LogP contribution in [0.5, 0.6) is 0 Å². The van der Waals surface area contributed by atoms with E-state index < -0.39 is 0 Å². The lowest BCUT2D eigenvalue weighted by Crippen LogP contribution is -2.29. The van der Waals surface area contributed by atoms with Gasteiger partial charge >= 0.3 is 0 Å². The van der Waals surface area contributed by atoms with Gasteiger partial charge in [-0.25, -0.2) is 0 Å². The third kappa shape index (κ3) is 4.84. The first-order valence-electron chi connectivity index (χ1n) is 7.68. The highest BCUT2D eigenvalue weighted by molar-refractivity contribution is 6.21. The van der Waals surface area contributed by atoms with Crippen LogP contribution in [0, 0.1) is 13.8 Å². The summed E-state index contributed by atoms with van der Waals surface area (Å²) >= 11 is 6.60. The normalized spacial score (nSPS) is 12.6. The minimum absolute atomic E-state index is 0.0745. The van der Waals surface area contributed by atoms with Crippen LogP contribution in [0.1, 0.15) is 27.6 Å². The van der Waals surface area contributed by atoms with Crippen molar-refractivity contribution in [3.8, 4) is 0 Å². The van der Waals surface area contributed by atoms with Gasteiger partial charge in [-0.3, -0.25) is 4.90 Å². The van der Waals surface area contributed by atoms with Crippen LogP contribution < -0.4 is 0 Å². The van der Waals surface area contributed by atoms with Gasteiger partial charge in [0.1, 0.15) is 0 Å². The van der Waals surface area contributed by atoms with Crippen molar-refractivity contribution in [2.75, 3.05) is 19.7 Å². The van der Waals surface area contributed by atoms with E-state index in [-0.39, 0.29) is 12.0 Å². The number of alkyl halides is 1. The molecule has 0 aliphatic carbocycles. The standard InChI is InChI=1S/C19H24ClNO/c1-15-8-9-18(12-16(15)2)19(20)14-21(10-11-22)13-17-6-4-3-5-7-17/h3-9,12,19,22H,10-11,13-14H2,1-2H3. The predicted molar refractivity (Wildman–Crippen MR) is 93.3 cm³/mol. The first-order valence-corrected chi connectivity index (χ1v) is 8.12. The Morgan fingerprint density at radius 3 is 2.41 bits per heavy atom. The Morgan fingerprint density at radius 1 is 1.05 bits per heavy atom. The molecule has 2 rings (SSSR count). The SMILES string of the molecule is Cc1ccc(C(Cl)CN(CCO)Cc2ccccc2)cc1C. The molecule has 0 aliphatic heterocycles. The van der Waals surface area contributed by atoms with E-state index in [1.54, 1.807) is 0 Å². The largest absolute Gasteiger partial charge is 0.395 e. The molecule has 1 unspecified atom stereocenters. The number of aliphatic hydroxyl groups excluding tert-OH is 1. The van der Waals surface area contributed by atoms with E-state index in [9.17, 15) is 5.11 Å². The molecule has 0 spiro atoms. The topological polar surface area (TPSA) is 23.5 Å². The van der Waals surface area contributed by atoms with E-state index in [0.717, 1.165) is 18.7 Å². The summed E-state index contributed by atoms with van der Waals surface area (Å²) in [5.74, 6) is 0. The number of benzene rings is 2. The highest BCUT2D eigenvalue weighted by atomic mass is 35.5. The van der Waals surface area contributed by atoms with Crippen LogP contribution in [-0.4, -0.2) is 29.7 Å². The molecule has 3 heteroatoms. The summed E-state index contributed by atoms with van der Waals surface area (Å²) in [6.07, 6.45) is 0. The molecule has 0 fully saturated rings. The fraction of sp³-hybridized carbons (Fsp3) is 0.368. The van der Waals surface area contributed by atoms with Gasteiger partial charge in [0.15, 0.2) is 0 Å². The first kappa shape index (κ1) is 17.0. The summed E-state index contributed by atoms with van der Waals surface area (Å²) < 4.78 is 0. The van der Waals surface area contributed by atoms with Crippen LogP contribution in [-0.2, 0) is 6.54 Å². The van der Waals surface area contributed by atoms with Crippen molar-refractivity contribution in [2.45, 2.75) is 25.8 Å². The van der Waals surface area contributed by atoms with Crippen molar-refractivity contribution in [2.24, 2.45) is 0 Å². The molecule has 1 N–H and O–H groups in total. The Kier molecular flexibility index (Phi) is 6.44. The number of aliphatic hydroxyl groups is 1. The van der Waals surface area contributed by atoms with E-state index in [4.69, 9.17) is 11.6 Å². The maximum absolute atomic E-state index is 9.29. The van der Waals surface area contributed by atoms with Crippen molar-refractivity contribution in [1.29, 1.82) is 0 Å². The maximum Gasteiger partial charge on any atom is 0.0712 e. The summed E-state index contributed by atoms with van der Waals surface area (Å²) in [7, 11) is 0. The van der Waals surface area contributed by atoms with Gasteiger partial charge in [-0.05, 0) is 36.1 Å². The predicted octanol–water partition coefficient (Wildman–Crippen LogP) is 4.08. The van der Waals surface area contributed by atoms with E-state index >= 15 is 0 Å². The molecule has 118 valence electrons. The van der Waals surface area contributed by atoms with Gasteiger partial charge < -0.3 is 5.11 Å². The number of nitrogens with zero attached hydrogens (tertiary/aromatic N) is 1. The number of aryl methyl sites for hydroxylation is 2. The number of hydrogen-bond donors (Lipinski definition) is 1. The van der Waals surface area contributed by atoms with Crippen LogP contribution in [0.2, 0.25) is 0 Å². The third-order valence-corrected chi connectivity index (χ3v) is 4.37. The van der Waals surface area contributed by atoms with Crippen LogP contribution in [0.3, 0.4) is 0 Å². The minimum Gasteiger partial charge on any atom is -0.395 e. The van der Waals surface area contributed by atoms with Crippen LogP contribution in [0.15, 0.2) is 48.5 Å². The van der Waals surface area contributed by atoms with Gasteiger partial charge in [0.2, 0.25) is 0 Å². The number of rotatable bonds is 7. The van der Waals surface area contributed by atoms with Gasteiger partial charge in [-0.15, -0.1) is 11.6 Å². The molecule has 0 amide bonds. The van der Waals surface area contributed by atoms with Gasteiger partial charge in [0, 0.05) is 19.6 Å². The Bertz CT molecular complexity index is 585. The van der Waals surface area contributed by atoms with E-state index in [1.165, 1.54) is 16.7 Å². The fourth-order valence-electron chi connectivity index (χ4n) is 2.51. The summed E-state index contributed by atoms with van der Waals surface area (Å²) in [5, 5.41) is 9.22. The molecular weight excluding hydrogens is 294 g/mol. The zero-order valence-electron chi connectivity index (χ0n) is 13.3. The van der Waals surface area contributed by atoms with Gasteiger partial charge in [-0.2, -0.15) is 0 Å². The Hall–Kier alpha value is -1.35. The maximum atomic E-state index is 9.29. The average molecular weight is 318 g/mol. The lowest BCUT2D eigenvalue weighted by atomic mass is 10.0. The second-order valence-corrected chi connectivity index (χ2v) is 6.28. The van der Waals surface area contributed by atoms with Crippen LogP contribution in [0.4, 0.5) is 0 Å². The molecule has 2 nitrogen and oxygen atoms in total. The number of halogens is 1. The van der Waals surface area contributed by atoms with Gasteiger partial charge in [0.25, 0.3) is 0 Å². The highest BCUT2D eigenvalue weighted by Gasteiger charge is 2.14. The quantitative estimate of drug-likeness (QED) is 0.778. The average Bonchev–Trinajstić information content (AvgIpc) is 2.51. The third-order valence-electron chi connectivity index (χ3n) is 3.98. The Morgan fingerprint density at radius 2 is 1.77 bits per heavy atom. The Balaban J connectivity index is 2.04. The molecule has 0 radical (unpaired) electrons. The smallest absolute Gasteiger partial charge is 0.0712 e. The second kappa shape index (κ2) is 8.33. The van der Waals surface area contributed by atoms with Gasteiger partial charge in [-0.1, -0.05) is 48.5 Å². The van der Waals surface area contributed by atoms with Crippen LogP contribution >= 0.6 is 11.6 Å². The fourth-order valence-corrected chi connectivity index (χ4v) is 2.84. The van der Waals surface area contributed by atoms with Crippen LogP contribution in [0.25, 0.3) is 0 Å². The molecule has 22 heavy (non-hydrogen) atoms. The summed E-state index contributed by atoms with van der Waals surface area (Å²) in [6, 6.07) is 16.7. The zero-order valence-corrected chi connectivity index (χ0v) is 14.1. The van der Waals surface area contributed by atoms with Crippen molar-refractivity contribution in [1.82, 2.24) is 4.90 Å². The molecule has 0 heterocycles. The molecule has 0 bridgehead atoms. The van der Waals surface area contributed by atoms with Crippen molar-refractivity contribution >= 4 is 11.6 Å². The van der Waals surface area contributed by atoms with Gasteiger partial charge in [0.05, 0.1) is 12.0 Å². The molecule has 0 saturated carbocycles. The lowest BCUT2D eigenvalue weighted by Gasteiger charge is -2.24. The molecule has 2 aromatic carbocycles. The summed E-state index contributed by atoms with van der Waals surface area (Å²) in [6.45, 7) is 6.51. The second-order valence-electron chi connectivity index (χ2n) is 5.76. The van der Waals surface area contributed by atoms with Crippen molar-refractivity contribution < 1.29 is 5.11 Å². The number of hydrogen-bond acceptors (Lipinski definition) is 2. The van der Waals surface area contributed by atoms with Crippen molar-refractivity contribution in [3.63, 3.8) is 0 Å². The summed E-state index contributed by atoms with van der Waals surface area (Å²) in [5.41, 5.74) is 4.92. The molecule has 0 aliphatic rings. The first-order chi connectivity index (χ1) is 10.6. The minimum atomic E-state index is -0.0745. The highest BCUT2D eigenvalue weighted by Crippen LogP contribution is 2.24. The van der Waals surface area contributed by atoms with Crippen molar-refractivity contribution in [3.05, 3.63) is 70.8 Å². The molecular formula is C19H24ClNO. The lowest BCUT2D eigenvalue weighted by molar-refractivity contribution is 0.190. The summed E-state index contributed by atoms with van der Waals surface area (Å²) in [4.78, 5) is 2.20. The molecule has 0 aromatic heterocycles. The molecule has 1 atom stereocenters. The van der Waals surface area contributed by atoms with E-state index in [2.05, 4.69) is 49.1 Å². The Labute approximate surface area is 138 Å². The van der Waals surface area contributed by atoms with E-state index in [1.807, 2.05) is 18.2 Å². The zero-order chi connectivity index (χ0) is 15.9.